The van der Waals surface area contributed by atoms with Gasteiger partial charge in [0.25, 0.3) is 0 Å². The molecule has 6 heteroatoms. The molecule has 0 spiro atoms. The molecule has 2 saturated heterocycles. The number of likely N-dealkylation sites (tertiary alicyclic amines) is 1. The van der Waals surface area contributed by atoms with Gasteiger partial charge in [-0.05, 0) is 19.3 Å². The number of hydrogen-bond acceptors (Lipinski definition) is 3. The molecule has 0 aliphatic carbocycles. The second-order valence-electron chi connectivity index (χ2n) is 4.61. The Morgan fingerprint density at radius 3 is 2.88 bits per heavy atom. The summed E-state index contributed by atoms with van der Waals surface area (Å²) < 4.78 is 5.22. The standard InChI is InChI=1S/C11H18N2O4/c14-10(15)9-2-1-4-13(9)11(16)12-6-8-3-5-17-7-8/h8-9H,1-7H2,(H,12,16)(H,14,15)/t8?,9-/m1/s1. The Balaban J connectivity index is 1.80. The number of carbonyl (C=O) groups is 2. The predicted octanol–water partition coefficient (Wildman–Crippen LogP) is 0.281. The van der Waals surface area contributed by atoms with Crippen molar-refractivity contribution >= 4 is 12.0 Å². The summed E-state index contributed by atoms with van der Waals surface area (Å²) in [7, 11) is 0. The van der Waals surface area contributed by atoms with Crippen LogP contribution in [-0.4, -0.2) is 54.4 Å². The van der Waals surface area contributed by atoms with Crippen molar-refractivity contribution in [2.45, 2.75) is 25.3 Å². The van der Waals surface area contributed by atoms with Gasteiger partial charge in [-0.3, -0.25) is 0 Å². The van der Waals surface area contributed by atoms with E-state index in [-0.39, 0.29) is 6.03 Å². The van der Waals surface area contributed by atoms with Crippen LogP contribution < -0.4 is 5.32 Å². The van der Waals surface area contributed by atoms with Crippen LogP contribution in [0.3, 0.4) is 0 Å². The third-order valence-corrected chi connectivity index (χ3v) is 3.36. The van der Waals surface area contributed by atoms with Gasteiger partial charge >= 0.3 is 12.0 Å². The van der Waals surface area contributed by atoms with E-state index in [9.17, 15) is 9.59 Å². The smallest absolute Gasteiger partial charge is 0.326 e. The monoisotopic (exact) mass is 242 g/mol. The van der Waals surface area contributed by atoms with E-state index in [0.717, 1.165) is 19.4 Å². The van der Waals surface area contributed by atoms with E-state index in [2.05, 4.69) is 5.32 Å². The second-order valence-corrected chi connectivity index (χ2v) is 4.61. The van der Waals surface area contributed by atoms with Gasteiger partial charge in [-0.2, -0.15) is 0 Å². The highest BCUT2D eigenvalue weighted by atomic mass is 16.5. The lowest BCUT2D eigenvalue weighted by Crippen LogP contribution is -2.47. The fourth-order valence-corrected chi connectivity index (χ4v) is 2.34. The fraction of sp³-hybridized carbons (Fsp3) is 0.818. The summed E-state index contributed by atoms with van der Waals surface area (Å²) in [6, 6.07) is -0.920. The molecule has 2 fully saturated rings. The Hall–Kier alpha value is -1.30. The number of carbonyl (C=O) groups excluding carboxylic acids is 1. The van der Waals surface area contributed by atoms with Crippen molar-refractivity contribution in [3.05, 3.63) is 0 Å². The minimum atomic E-state index is -0.915. The van der Waals surface area contributed by atoms with Crippen LogP contribution in [0, 0.1) is 5.92 Å². The molecule has 2 atom stereocenters. The van der Waals surface area contributed by atoms with E-state index in [1.807, 2.05) is 0 Å². The number of urea groups is 1. The van der Waals surface area contributed by atoms with Crippen LogP contribution in [-0.2, 0) is 9.53 Å². The number of nitrogens with zero attached hydrogens (tertiary/aromatic N) is 1. The number of aliphatic carboxylic acids is 1. The maximum Gasteiger partial charge on any atom is 0.326 e. The van der Waals surface area contributed by atoms with E-state index in [1.165, 1.54) is 4.90 Å². The summed E-state index contributed by atoms with van der Waals surface area (Å²) in [4.78, 5) is 24.2. The fourth-order valence-electron chi connectivity index (χ4n) is 2.34. The number of carboxylic acid groups (broad SMARTS) is 1. The van der Waals surface area contributed by atoms with Crippen LogP contribution in [0.15, 0.2) is 0 Å². The number of carboxylic acids is 1. The van der Waals surface area contributed by atoms with Crippen LogP contribution in [0.1, 0.15) is 19.3 Å². The van der Waals surface area contributed by atoms with Crippen LogP contribution in [0.4, 0.5) is 4.79 Å². The van der Waals surface area contributed by atoms with Gasteiger partial charge in [-0.25, -0.2) is 9.59 Å². The van der Waals surface area contributed by atoms with Crippen LogP contribution >= 0.6 is 0 Å². The molecule has 0 aromatic rings. The van der Waals surface area contributed by atoms with Crippen molar-refractivity contribution in [3.63, 3.8) is 0 Å². The van der Waals surface area contributed by atoms with Crippen molar-refractivity contribution in [2.75, 3.05) is 26.3 Å². The SMILES string of the molecule is O=C(O)[C@H]1CCCN1C(=O)NCC1CCOC1. The van der Waals surface area contributed by atoms with Gasteiger partial charge < -0.3 is 20.1 Å². The van der Waals surface area contributed by atoms with Crippen LogP contribution in [0.25, 0.3) is 0 Å². The van der Waals surface area contributed by atoms with Crippen molar-refractivity contribution in [1.29, 1.82) is 0 Å². The average Bonchev–Trinajstić information content (AvgIpc) is 2.96. The number of hydrogen-bond donors (Lipinski definition) is 2. The van der Waals surface area contributed by atoms with E-state index < -0.39 is 12.0 Å². The summed E-state index contributed by atoms with van der Waals surface area (Å²) in [6.07, 6.45) is 2.27. The summed E-state index contributed by atoms with van der Waals surface area (Å²) in [5, 5.41) is 11.8. The zero-order valence-corrected chi connectivity index (χ0v) is 9.72. The van der Waals surface area contributed by atoms with Crippen LogP contribution in [0.5, 0.6) is 0 Å². The molecule has 0 aromatic carbocycles. The molecule has 0 bridgehead atoms. The number of ether oxygens (including phenoxy) is 1. The first-order valence-electron chi connectivity index (χ1n) is 6.03. The Bertz CT molecular complexity index is 302. The zero-order valence-electron chi connectivity index (χ0n) is 9.72. The molecule has 2 heterocycles. The summed E-state index contributed by atoms with van der Waals surface area (Å²) in [6.45, 7) is 2.54. The Morgan fingerprint density at radius 2 is 2.24 bits per heavy atom. The second kappa shape index (κ2) is 5.35. The lowest BCUT2D eigenvalue weighted by molar-refractivity contribution is -0.141. The van der Waals surface area contributed by atoms with Gasteiger partial charge in [-0.15, -0.1) is 0 Å². The zero-order chi connectivity index (χ0) is 12.3. The lowest BCUT2D eigenvalue weighted by Gasteiger charge is -2.22. The first-order chi connectivity index (χ1) is 8.18. The Kier molecular flexibility index (Phi) is 3.83. The van der Waals surface area contributed by atoms with E-state index in [4.69, 9.17) is 9.84 Å². The van der Waals surface area contributed by atoms with Gasteiger partial charge in [-0.1, -0.05) is 0 Å². The van der Waals surface area contributed by atoms with Gasteiger partial charge in [0.15, 0.2) is 0 Å². The van der Waals surface area contributed by atoms with Crippen molar-refractivity contribution < 1.29 is 19.4 Å². The molecular weight excluding hydrogens is 224 g/mol. The third-order valence-electron chi connectivity index (χ3n) is 3.36. The van der Waals surface area contributed by atoms with Crippen LogP contribution in [0.2, 0.25) is 0 Å². The molecule has 2 N–H and O–H groups in total. The first kappa shape index (κ1) is 12.2. The molecule has 6 nitrogen and oxygen atoms in total. The first-order valence-corrected chi connectivity index (χ1v) is 6.03. The molecule has 96 valence electrons. The molecule has 0 saturated carbocycles. The maximum atomic E-state index is 11.8. The molecule has 2 rings (SSSR count). The largest absolute Gasteiger partial charge is 0.480 e. The summed E-state index contributed by atoms with van der Waals surface area (Å²) >= 11 is 0. The summed E-state index contributed by atoms with van der Waals surface area (Å²) in [5.74, 6) is -0.549. The number of amides is 2. The molecule has 2 amide bonds. The van der Waals surface area contributed by atoms with E-state index in [0.29, 0.717) is 32.0 Å². The predicted molar refractivity (Wildman–Crippen MR) is 59.7 cm³/mol. The van der Waals surface area contributed by atoms with E-state index in [1.54, 1.807) is 0 Å². The Morgan fingerprint density at radius 1 is 1.41 bits per heavy atom. The highest BCUT2D eigenvalue weighted by Crippen LogP contribution is 2.17. The van der Waals surface area contributed by atoms with Crippen molar-refractivity contribution in [2.24, 2.45) is 5.92 Å². The topological polar surface area (TPSA) is 78.9 Å². The maximum absolute atomic E-state index is 11.8. The quantitative estimate of drug-likeness (QED) is 0.745. The third kappa shape index (κ3) is 2.88. The number of nitrogens with one attached hydrogen (secondary N) is 1. The van der Waals surface area contributed by atoms with E-state index >= 15 is 0 Å². The highest BCUT2D eigenvalue weighted by molar-refractivity contribution is 5.83. The molecular formula is C11H18N2O4. The lowest BCUT2D eigenvalue weighted by atomic mass is 10.1. The van der Waals surface area contributed by atoms with Gasteiger partial charge in [0, 0.05) is 25.6 Å². The van der Waals surface area contributed by atoms with Gasteiger partial charge in [0.1, 0.15) is 6.04 Å². The highest BCUT2D eigenvalue weighted by Gasteiger charge is 2.34. The van der Waals surface area contributed by atoms with Crippen molar-refractivity contribution in [1.82, 2.24) is 10.2 Å². The number of rotatable bonds is 3. The molecule has 17 heavy (non-hydrogen) atoms. The average molecular weight is 242 g/mol. The molecule has 2 aliphatic rings. The van der Waals surface area contributed by atoms with Gasteiger partial charge in [0.05, 0.1) is 6.61 Å². The van der Waals surface area contributed by atoms with Crippen molar-refractivity contribution in [3.8, 4) is 0 Å². The molecule has 0 aromatic heterocycles. The minimum Gasteiger partial charge on any atom is -0.480 e. The molecule has 1 unspecified atom stereocenters. The Labute approximate surface area is 99.9 Å². The molecule has 2 aliphatic heterocycles. The molecule has 0 radical (unpaired) electrons. The van der Waals surface area contributed by atoms with Gasteiger partial charge in [0.2, 0.25) is 0 Å². The minimum absolute atomic E-state index is 0.262. The normalized spacial score (nSPS) is 28.4. The summed E-state index contributed by atoms with van der Waals surface area (Å²) in [5.41, 5.74) is 0.